The first-order chi connectivity index (χ1) is 10.4. The zero-order valence-corrected chi connectivity index (χ0v) is 13.2. The lowest BCUT2D eigenvalue weighted by Gasteiger charge is -2.19. The second-order valence-corrected chi connectivity index (χ2v) is 5.49. The molecule has 0 aliphatic carbocycles. The Balaban J connectivity index is 2.37. The second kappa shape index (κ2) is 6.52. The van der Waals surface area contributed by atoms with E-state index < -0.39 is 9.85 Å². The number of rotatable bonds is 5. The minimum Gasteiger partial charge on any atom is -0.365 e. The fourth-order valence-electron chi connectivity index (χ4n) is 2.06. The topological polar surface area (TPSA) is 89.5 Å². The summed E-state index contributed by atoms with van der Waals surface area (Å²) in [6.07, 6.45) is 0. The van der Waals surface area contributed by atoms with E-state index in [-0.39, 0.29) is 11.4 Å². The van der Waals surface area contributed by atoms with Crippen molar-refractivity contribution in [1.82, 2.24) is 0 Å². The monoisotopic (exact) mass is 365 g/mol. The number of halogens is 1. The van der Waals surface area contributed by atoms with Gasteiger partial charge in [0.25, 0.3) is 11.4 Å². The Labute approximate surface area is 134 Å². The van der Waals surface area contributed by atoms with Gasteiger partial charge in [0.05, 0.1) is 15.9 Å². The summed E-state index contributed by atoms with van der Waals surface area (Å²) in [4.78, 5) is 22.3. The van der Waals surface area contributed by atoms with E-state index in [4.69, 9.17) is 0 Å². The Kier molecular flexibility index (Phi) is 4.71. The summed E-state index contributed by atoms with van der Waals surface area (Å²) in [5.74, 6) is 0. The zero-order chi connectivity index (χ0) is 16.3. The van der Waals surface area contributed by atoms with Gasteiger partial charge in [-0.3, -0.25) is 20.2 Å². The minimum absolute atomic E-state index is 0.288. The van der Waals surface area contributed by atoms with Gasteiger partial charge in [-0.1, -0.05) is 34.1 Å². The average Bonchev–Trinajstić information content (AvgIpc) is 2.48. The van der Waals surface area contributed by atoms with Gasteiger partial charge in [-0.25, -0.2) is 0 Å². The van der Waals surface area contributed by atoms with E-state index in [0.717, 1.165) is 16.1 Å². The number of hydrogen-bond donors (Lipinski definition) is 0. The van der Waals surface area contributed by atoms with E-state index >= 15 is 0 Å². The van der Waals surface area contributed by atoms with E-state index in [9.17, 15) is 20.2 Å². The van der Waals surface area contributed by atoms with Crippen LogP contribution in [0.2, 0.25) is 0 Å². The lowest BCUT2D eigenvalue weighted by atomic mass is 10.2. The number of non-ortho nitro benzene ring substituents is 1. The van der Waals surface area contributed by atoms with Gasteiger partial charge < -0.3 is 4.90 Å². The van der Waals surface area contributed by atoms with Gasteiger partial charge in [0, 0.05) is 24.1 Å². The molecule has 0 heterocycles. The summed E-state index contributed by atoms with van der Waals surface area (Å²) in [6, 6.07) is 11.2. The zero-order valence-electron chi connectivity index (χ0n) is 11.6. The molecule has 0 fully saturated rings. The molecule has 0 spiro atoms. The van der Waals surface area contributed by atoms with Gasteiger partial charge in [0.15, 0.2) is 0 Å². The maximum Gasteiger partial charge on any atom is 0.299 e. The molecule has 8 heteroatoms. The Morgan fingerprint density at radius 3 is 2.36 bits per heavy atom. The molecular formula is C14H12BrN3O4. The van der Waals surface area contributed by atoms with E-state index in [0.29, 0.717) is 12.2 Å². The molecule has 0 bridgehead atoms. The van der Waals surface area contributed by atoms with Crippen LogP contribution in [-0.2, 0) is 6.54 Å². The van der Waals surface area contributed by atoms with Crippen molar-refractivity contribution in [3.63, 3.8) is 0 Å². The van der Waals surface area contributed by atoms with Crippen LogP contribution in [0.15, 0.2) is 46.9 Å². The molecule has 7 nitrogen and oxygen atoms in total. The highest BCUT2D eigenvalue weighted by atomic mass is 79.9. The summed E-state index contributed by atoms with van der Waals surface area (Å²) in [6.45, 7) is 0.431. The first-order valence-electron chi connectivity index (χ1n) is 6.27. The quantitative estimate of drug-likeness (QED) is 0.591. The molecule has 2 aromatic rings. The predicted molar refractivity (Wildman–Crippen MR) is 86.0 cm³/mol. The Bertz CT molecular complexity index is 736. The largest absolute Gasteiger partial charge is 0.365 e. The first-order valence-corrected chi connectivity index (χ1v) is 7.07. The van der Waals surface area contributed by atoms with E-state index in [1.165, 1.54) is 12.1 Å². The number of anilines is 1. The van der Waals surface area contributed by atoms with Gasteiger partial charge >= 0.3 is 0 Å². The number of nitro benzene ring substituents is 2. The lowest BCUT2D eigenvalue weighted by molar-refractivity contribution is -0.393. The summed E-state index contributed by atoms with van der Waals surface area (Å²) in [5, 5.41) is 21.9. The van der Waals surface area contributed by atoms with Crippen molar-refractivity contribution in [3.05, 3.63) is 72.7 Å². The smallest absolute Gasteiger partial charge is 0.299 e. The first kappa shape index (κ1) is 15.9. The van der Waals surface area contributed by atoms with Crippen LogP contribution in [-0.4, -0.2) is 16.9 Å². The molecule has 0 aliphatic rings. The summed E-state index contributed by atoms with van der Waals surface area (Å²) in [5.41, 5.74) is 0.692. The third-order valence-electron chi connectivity index (χ3n) is 3.14. The van der Waals surface area contributed by atoms with Crippen molar-refractivity contribution >= 4 is 33.0 Å². The van der Waals surface area contributed by atoms with Crippen molar-refractivity contribution in [2.75, 3.05) is 11.9 Å². The van der Waals surface area contributed by atoms with Crippen LogP contribution < -0.4 is 4.90 Å². The number of nitro groups is 2. The van der Waals surface area contributed by atoms with Crippen molar-refractivity contribution < 1.29 is 9.85 Å². The number of benzene rings is 2. The molecule has 0 radical (unpaired) electrons. The lowest BCUT2D eigenvalue weighted by Crippen LogP contribution is -2.18. The Morgan fingerprint density at radius 2 is 1.77 bits per heavy atom. The molecular weight excluding hydrogens is 354 g/mol. The molecule has 0 saturated heterocycles. The van der Waals surface area contributed by atoms with Gasteiger partial charge in [-0.15, -0.1) is 0 Å². The van der Waals surface area contributed by atoms with Gasteiger partial charge in [-0.2, -0.15) is 0 Å². The predicted octanol–water partition coefficient (Wildman–Crippen LogP) is 3.90. The highest BCUT2D eigenvalue weighted by Crippen LogP contribution is 2.32. The normalized spacial score (nSPS) is 10.3. The number of nitrogens with zero attached hydrogens (tertiary/aromatic N) is 3. The van der Waals surface area contributed by atoms with Crippen LogP contribution in [0.4, 0.5) is 17.1 Å². The molecule has 0 amide bonds. The van der Waals surface area contributed by atoms with Crippen molar-refractivity contribution in [1.29, 1.82) is 0 Å². The summed E-state index contributed by atoms with van der Waals surface area (Å²) >= 11 is 3.43. The third-order valence-corrected chi connectivity index (χ3v) is 3.92. The Morgan fingerprint density at radius 1 is 1.09 bits per heavy atom. The van der Waals surface area contributed by atoms with Crippen molar-refractivity contribution in [3.8, 4) is 0 Å². The molecule has 0 saturated carbocycles. The molecule has 114 valence electrons. The van der Waals surface area contributed by atoms with Gasteiger partial charge in [0.2, 0.25) is 0 Å². The Hall–Kier alpha value is -2.48. The van der Waals surface area contributed by atoms with E-state index in [2.05, 4.69) is 15.9 Å². The molecule has 2 aromatic carbocycles. The van der Waals surface area contributed by atoms with E-state index in [1.807, 2.05) is 24.3 Å². The van der Waals surface area contributed by atoms with Crippen LogP contribution in [0.25, 0.3) is 0 Å². The summed E-state index contributed by atoms with van der Waals surface area (Å²) < 4.78 is 0.895. The molecule has 0 aliphatic heterocycles. The fraction of sp³-hybridized carbons (Fsp3) is 0.143. The van der Waals surface area contributed by atoms with E-state index in [1.54, 1.807) is 11.9 Å². The van der Waals surface area contributed by atoms with Crippen molar-refractivity contribution in [2.24, 2.45) is 0 Å². The summed E-state index contributed by atoms with van der Waals surface area (Å²) in [7, 11) is 1.70. The van der Waals surface area contributed by atoms with Crippen molar-refractivity contribution in [2.45, 2.75) is 6.54 Å². The second-order valence-electron chi connectivity index (χ2n) is 4.63. The maximum atomic E-state index is 11.2. The molecule has 2 rings (SSSR count). The molecule has 0 aromatic heterocycles. The molecule has 0 unspecified atom stereocenters. The highest BCUT2D eigenvalue weighted by Gasteiger charge is 2.22. The van der Waals surface area contributed by atoms with Crippen LogP contribution in [0.3, 0.4) is 0 Å². The van der Waals surface area contributed by atoms with Crippen LogP contribution in [0.5, 0.6) is 0 Å². The SMILES string of the molecule is CN(Cc1ccccc1Br)c1ccc([N+](=O)[O-])cc1[N+](=O)[O-]. The van der Waals surface area contributed by atoms with Crippen LogP contribution in [0, 0.1) is 20.2 Å². The van der Waals surface area contributed by atoms with Gasteiger partial charge in [-0.05, 0) is 17.7 Å². The number of hydrogen-bond acceptors (Lipinski definition) is 5. The fourth-order valence-corrected chi connectivity index (χ4v) is 2.47. The third kappa shape index (κ3) is 3.40. The molecule has 22 heavy (non-hydrogen) atoms. The standard InChI is InChI=1S/C14H12BrN3O4/c1-16(9-10-4-2-3-5-12(10)15)13-7-6-11(17(19)20)8-14(13)18(21)22/h2-8H,9H2,1H3. The van der Waals surface area contributed by atoms with Gasteiger partial charge in [0.1, 0.15) is 5.69 Å². The average molecular weight is 366 g/mol. The molecule has 0 atom stereocenters. The molecule has 0 N–H and O–H groups in total. The maximum absolute atomic E-state index is 11.2. The minimum atomic E-state index is -0.648. The van der Waals surface area contributed by atoms with Crippen LogP contribution >= 0.6 is 15.9 Å². The highest BCUT2D eigenvalue weighted by molar-refractivity contribution is 9.10. The van der Waals surface area contributed by atoms with Crippen LogP contribution in [0.1, 0.15) is 5.56 Å².